The number of amides is 2. The first-order valence-corrected chi connectivity index (χ1v) is 7.43. The summed E-state index contributed by atoms with van der Waals surface area (Å²) in [7, 11) is 1.48. The number of ether oxygens (including phenoxy) is 1. The molecule has 1 aliphatic rings. The summed E-state index contributed by atoms with van der Waals surface area (Å²) in [4.78, 5) is 34.5. The number of hydrogen-bond acceptors (Lipinski definition) is 4. The first-order valence-electron chi connectivity index (χ1n) is 7.05. The van der Waals surface area contributed by atoms with Crippen molar-refractivity contribution in [2.75, 3.05) is 7.11 Å². The number of carbonyl (C=O) groups excluding carboxylic acids is 2. The first kappa shape index (κ1) is 17.1. The van der Waals surface area contributed by atoms with Crippen molar-refractivity contribution in [2.24, 2.45) is 0 Å². The number of hydrogen-bond donors (Lipinski definition) is 3. The number of halogens is 1. The van der Waals surface area contributed by atoms with E-state index < -0.39 is 24.0 Å². The molecule has 124 valence electrons. The van der Waals surface area contributed by atoms with Crippen LogP contribution in [-0.4, -0.2) is 42.1 Å². The Kier molecular flexibility index (Phi) is 5.44. The van der Waals surface area contributed by atoms with E-state index in [-0.39, 0.29) is 18.7 Å². The molecule has 1 aromatic carbocycles. The average Bonchev–Trinajstić information content (AvgIpc) is 2.93. The maximum absolute atomic E-state index is 12.0. The molecule has 1 heterocycles. The predicted molar refractivity (Wildman–Crippen MR) is 82.4 cm³/mol. The van der Waals surface area contributed by atoms with Crippen molar-refractivity contribution in [3.63, 3.8) is 0 Å². The van der Waals surface area contributed by atoms with E-state index >= 15 is 0 Å². The van der Waals surface area contributed by atoms with E-state index in [1.54, 1.807) is 18.2 Å². The fourth-order valence-electron chi connectivity index (χ4n) is 2.36. The molecule has 0 aliphatic carbocycles. The third-order valence-electron chi connectivity index (χ3n) is 3.58. The summed E-state index contributed by atoms with van der Waals surface area (Å²) in [6.07, 6.45) is 0.709. The lowest BCUT2D eigenvalue weighted by Crippen LogP contribution is -2.49. The Hall–Kier alpha value is -2.28. The largest absolute Gasteiger partial charge is 0.495 e. The minimum absolute atomic E-state index is 0.0749. The van der Waals surface area contributed by atoms with Crippen molar-refractivity contribution in [1.82, 2.24) is 10.6 Å². The van der Waals surface area contributed by atoms with Gasteiger partial charge < -0.3 is 20.5 Å². The number of nitrogens with one attached hydrogen (secondary N) is 2. The zero-order valence-corrected chi connectivity index (χ0v) is 13.2. The molecule has 0 unspecified atom stereocenters. The van der Waals surface area contributed by atoms with E-state index in [0.29, 0.717) is 22.8 Å². The van der Waals surface area contributed by atoms with E-state index in [9.17, 15) is 19.5 Å². The van der Waals surface area contributed by atoms with Gasteiger partial charge in [-0.15, -0.1) is 0 Å². The van der Waals surface area contributed by atoms with E-state index in [4.69, 9.17) is 16.3 Å². The molecule has 8 heteroatoms. The van der Waals surface area contributed by atoms with Gasteiger partial charge in [0.05, 0.1) is 12.1 Å². The summed E-state index contributed by atoms with van der Waals surface area (Å²) in [5, 5.41) is 14.6. The Morgan fingerprint density at radius 1 is 1.52 bits per heavy atom. The summed E-state index contributed by atoms with van der Waals surface area (Å²) in [6.45, 7) is 0. The second-order valence-corrected chi connectivity index (χ2v) is 5.64. The van der Waals surface area contributed by atoms with Gasteiger partial charge in [-0.05, 0) is 24.1 Å². The summed E-state index contributed by atoms with van der Waals surface area (Å²) in [5.41, 5.74) is 0.652. The SMILES string of the molecule is COc1ccc(C[C@H](NC(=O)[C@@H]2CCC(=O)N2)C(=O)O)cc1Cl. The highest BCUT2D eigenvalue weighted by molar-refractivity contribution is 6.32. The normalized spacial score (nSPS) is 18.2. The predicted octanol–water partition coefficient (Wildman–Crippen LogP) is 0.739. The molecule has 23 heavy (non-hydrogen) atoms. The molecule has 2 rings (SSSR count). The maximum atomic E-state index is 12.0. The third-order valence-corrected chi connectivity index (χ3v) is 3.88. The quantitative estimate of drug-likeness (QED) is 0.708. The second kappa shape index (κ2) is 7.32. The van der Waals surface area contributed by atoms with Crippen molar-refractivity contribution in [2.45, 2.75) is 31.3 Å². The number of aliphatic carboxylic acids is 1. The molecule has 0 radical (unpaired) electrons. The van der Waals surface area contributed by atoms with Crippen LogP contribution in [0.1, 0.15) is 18.4 Å². The highest BCUT2D eigenvalue weighted by Gasteiger charge is 2.30. The molecule has 2 atom stereocenters. The molecule has 0 bridgehead atoms. The van der Waals surface area contributed by atoms with Crippen LogP contribution in [0.5, 0.6) is 5.75 Å². The molecule has 1 aromatic rings. The lowest BCUT2D eigenvalue weighted by molar-refractivity contribution is -0.142. The van der Waals surface area contributed by atoms with E-state index in [2.05, 4.69) is 10.6 Å². The van der Waals surface area contributed by atoms with Crippen molar-refractivity contribution in [3.05, 3.63) is 28.8 Å². The second-order valence-electron chi connectivity index (χ2n) is 5.23. The lowest BCUT2D eigenvalue weighted by Gasteiger charge is -2.18. The molecule has 1 aliphatic heterocycles. The standard InChI is InChI=1S/C15H17ClN2O5/c1-23-12-4-2-8(6-9(12)16)7-11(15(21)22)18-14(20)10-3-5-13(19)17-10/h2,4,6,10-11H,3,5,7H2,1H3,(H,17,19)(H,18,20)(H,21,22)/t10-,11-/m0/s1. The average molecular weight is 341 g/mol. The molecule has 1 saturated heterocycles. The van der Waals surface area contributed by atoms with Crippen LogP contribution in [0.4, 0.5) is 0 Å². The van der Waals surface area contributed by atoms with E-state index in [1.165, 1.54) is 7.11 Å². The maximum Gasteiger partial charge on any atom is 0.326 e. The molecule has 7 nitrogen and oxygen atoms in total. The monoisotopic (exact) mass is 340 g/mol. The summed E-state index contributed by atoms with van der Waals surface area (Å²) < 4.78 is 5.04. The third kappa shape index (κ3) is 4.35. The first-order chi connectivity index (χ1) is 10.9. The fraction of sp³-hybridized carbons (Fsp3) is 0.400. The van der Waals surface area contributed by atoms with Gasteiger partial charge in [0.25, 0.3) is 0 Å². The molecular formula is C15H17ClN2O5. The van der Waals surface area contributed by atoms with Crippen molar-refractivity contribution in [3.8, 4) is 5.75 Å². The molecule has 1 fully saturated rings. The summed E-state index contributed by atoms with van der Waals surface area (Å²) in [5.74, 6) is -1.38. The van der Waals surface area contributed by atoms with Crippen LogP contribution in [0.3, 0.4) is 0 Å². The van der Waals surface area contributed by atoms with Crippen molar-refractivity contribution < 1.29 is 24.2 Å². The van der Waals surface area contributed by atoms with Crippen LogP contribution < -0.4 is 15.4 Å². The summed E-state index contributed by atoms with van der Waals surface area (Å²) >= 11 is 6.01. The zero-order chi connectivity index (χ0) is 17.0. The Labute approximate surface area is 138 Å². The highest BCUT2D eigenvalue weighted by Crippen LogP contribution is 2.25. The van der Waals surface area contributed by atoms with E-state index in [1.807, 2.05) is 0 Å². The van der Waals surface area contributed by atoms with Gasteiger partial charge in [0.2, 0.25) is 11.8 Å². The number of rotatable bonds is 6. The Morgan fingerprint density at radius 2 is 2.26 bits per heavy atom. The van der Waals surface area contributed by atoms with Crippen LogP contribution >= 0.6 is 11.6 Å². The Balaban J connectivity index is 2.04. The van der Waals surface area contributed by atoms with Gasteiger partial charge in [0.1, 0.15) is 17.8 Å². The van der Waals surface area contributed by atoms with Gasteiger partial charge in [-0.25, -0.2) is 4.79 Å². The lowest BCUT2D eigenvalue weighted by atomic mass is 10.0. The number of carboxylic acids is 1. The highest BCUT2D eigenvalue weighted by atomic mass is 35.5. The van der Waals surface area contributed by atoms with Gasteiger partial charge in [-0.1, -0.05) is 17.7 Å². The molecule has 0 saturated carbocycles. The molecule has 0 spiro atoms. The minimum atomic E-state index is -1.16. The van der Waals surface area contributed by atoms with Gasteiger partial charge in [-0.2, -0.15) is 0 Å². The zero-order valence-electron chi connectivity index (χ0n) is 12.5. The number of benzene rings is 1. The molecule has 2 amide bonds. The smallest absolute Gasteiger partial charge is 0.326 e. The topological polar surface area (TPSA) is 105 Å². The van der Waals surface area contributed by atoms with Crippen molar-refractivity contribution in [1.29, 1.82) is 0 Å². The number of methoxy groups -OCH3 is 1. The Morgan fingerprint density at radius 3 is 2.78 bits per heavy atom. The fourth-order valence-corrected chi connectivity index (χ4v) is 2.64. The van der Waals surface area contributed by atoms with Crippen LogP contribution in [-0.2, 0) is 20.8 Å². The Bertz CT molecular complexity index is 634. The van der Waals surface area contributed by atoms with Crippen LogP contribution in [0, 0.1) is 0 Å². The van der Waals surface area contributed by atoms with Gasteiger partial charge in [0, 0.05) is 12.8 Å². The van der Waals surface area contributed by atoms with Crippen molar-refractivity contribution >= 4 is 29.4 Å². The van der Waals surface area contributed by atoms with Gasteiger partial charge in [-0.3, -0.25) is 9.59 Å². The molecular weight excluding hydrogens is 324 g/mol. The van der Waals surface area contributed by atoms with Crippen LogP contribution in [0.15, 0.2) is 18.2 Å². The number of carbonyl (C=O) groups is 3. The van der Waals surface area contributed by atoms with Crippen LogP contribution in [0.25, 0.3) is 0 Å². The van der Waals surface area contributed by atoms with Gasteiger partial charge in [0.15, 0.2) is 0 Å². The van der Waals surface area contributed by atoms with Gasteiger partial charge >= 0.3 is 5.97 Å². The molecule has 3 N–H and O–H groups in total. The van der Waals surface area contributed by atoms with E-state index in [0.717, 1.165) is 0 Å². The molecule has 0 aromatic heterocycles. The minimum Gasteiger partial charge on any atom is -0.495 e. The van der Waals surface area contributed by atoms with Crippen LogP contribution in [0.2, 0.25) is 5.02 Å². The summed E-state index contributed by atoms with van der Waals surface area (Å²) in [6, 6.07) is 3.13. The number of carboxylic acid groups (broad SMARTS) is 1.